The molecular weight excluding hydrogens is 285 g/mol. The zero-order valence-electron chi connectivity index (χ0n) is 10.3. The van der Waals surface area contributed by atoms with Gasteiger partial charge in [0.25, 0.3) is 0 Å². The highest BCUT2D eigenvalue weighted by molar-refractivity contribution is 9.10. The minimum absolute atomic E-state index is 0.239. The molecule has 0 saturated carbocycles. The van der Waals surface area contributed by atoms with Crippen LogP contribution in [0.5, 0.6) is 0 Å². The number of halogens is 2. The summed E-state index contributed by atoms with van der Waals surface area (Å²) in [6.07, 6.45) is 1.07. The predicted molar refractivity (Wildman–Crippen MR) is 72.9 cm³/mol. The van der Waals surface area contributed by atoms with Crippen molar-refractivity contribution in [1.82, 2.24) is 0 Å². The smallest absolute Gasteiger partial charge is 0.125 e. The van der Waals surface area contributed by atoms with Gasteiger partial charge in [-0.25, -0.2) is 4.39 Å². The monoisotopic (exact) mass is 303 g/mol. The summed E-state index contributed by atoms with van der Waals surface area (Å²) in [7, 11) is 0. The largest absolute Gasteiger partial charge is 0.382 e. The molecule has 2 nitrogen and oxygen atoms in total. The first-order chi connectivity index (χ1) is 8.09. The maximum absolute atomic E-state index is 13.0. The van der Waals surface area contributed by atoms with Crippen molar-refractivity contribution in [1.29, 1.82) is 0 Å². The van der Waals surface area contributed by atoms with Crippen LogP contribution in [0.4, 0.5) is 10.1 Å². The fourth-order valence-corrected chi connectivity index (χ4v) is 1.70. The van der Waals surface area contributed by atoms with E-state index in [1.54, 1.807) is 6.07 Å². The molecule has 0 aromatic heterocycles. The van der Waals surface area contributed by atoms with Gasteiger partial charge in [-0.15, -0.1) is 0 Å². The molecular formula is C13H19BrFNO. The summed E-state index contributed by atoms with van der Waals surface area (Å²) < 4.78 is 19.3. The molecule has 0 aliphatic carbocycles. The maximum atomic E-state index is 13.0. The molecule has 1 aromatic carbocycles. The minimum Gasteiger partial charge on any atom is -0.382 e. The van der Waals surface area contributed by atoms with Crippen LogP contribution in [0.25, 0.3) is 0 Å². The van der Waals surface area contributed by atoms with Crippen LogP contribution in [-0.4, -0.2) is 19.8 Å². The van der Waals surface area contributed by atoms with Gasteiger partial charge in [-0.2, -0.15) is 0 Å². The topological polar surface area (TPSA) is 21.3 Å². The molecule has 0 amide bonds. The zero-order chi connectivity index (χ0) is 12.7. The molecule has 0 unspecified atom stereocenters. The van der Waals surface area contributed by atoms with Crippen molar-refractivity contribution in [2.45, 2.75) is 20.3 Å². The number of nitrogens with one attached hydrogen (secondary N) is 1. The molecule has 0 fully saturated rings. The van der Waals surface area contributed by atoms with Crippen molar-refractivity contribution in [3.63, 3.8) is 0 Å². The minimum atomic E-state index is -0.239. The summed E-state index contributed by atoms with van der Waals surface area (Å²) >= 11 is 3.36. The summed E-state index contributed by atoms with van der Waals surface area (Å²) in [6, 6.07) is 4.59. The number of rotatable bonds is 7. The first-order valence-corrected chi connectivity index (χ1v) is 6.65. The van der Waals surface area contributed by atoms with Gasteiger partial charge in [-0.3, -0.25) is 0 Å². The van der Waals surface area contributed by atoms with Crippen molar-refractivity contribution in [3.05, 3.63) is 28.5 Å². The molecule has 17 heavy (non-hydrogen) atoms. The third-order valence-corrected chi connectivity index (χ3v) is 3.02. The second-order valence-electron chi connectivity index (χ2n) is 4.35. The summed E-state index contributed by atoms with van der Waals surface area (Å²) in [5, 5.41) is 3.13. The Kier molecular flexibility index (Phi) is 6.52. The molecule has 1 N–H and O–H groups in total. The molecule has 0 spiro atoms. The van der Waals surface area contributed by atoms with Crippen LogP contribution in [0.1, 0.15) is 20.3 Å². The van der Waals surface area contributed by atoms with E-state index in [1.165, 1.54) is 12.1 Å². The first-order valence-electron chi connectivity index (χ1n) is 5.86. The molecule has 0 bridgehead atoms. The first kappa shape index (κ1) is 14.5. The highest BCUT2D eigenvalue weighted by Crippen LogP contribution is 2.22. The second-order valence-corrected chi connectivity index (χ2v) is 5.20. The normalized spacial score (nSPS) is 10.9. The van der Waals surface area contributed by atoms with Gasteiger partial charge in [0.2, 0.25) is 0 Å². The Labute approximate surface area is 111 Å². The number of hydrogen-bond acceptors (Lipinski definition) is 2. The van der Waals surface area contributed by atoms with Crippen molar-refractivity contribution in [2.75, 3.05) is 25.1 Å². The molecule has 1 aromatic rings. The molecule has 96 valence electrons. The lowest BCUT2D eigenvalue weighted by Crippen LogP contribution is -2.11. The number of hydrogen-bond donors (Lipinski definition) is 1. The van der Waals surface area contributed by atoms with Crippen LogP contribution in [0, 0.1) is 11.7 Å². The maximum Gasteiger partial charge on any atom is 0.125 e. The Morgan fingerprint density at radius 2 is 2.12 bits per heavy atom. The highest BCUT2D eigenvalue weighted by Gasteiger charge is 2.00. The Morgan fingerprint density at radius 3 is 2.82 bits per heavy atom. The average molecular weight is 304 g/mol. The van der Waals surface area contributed by atoms with Crippen LogP contribution in [0.15, 0.2) is 22.7 Å². The Balaban J connectivity index is 2.20. The van der Waals surface area contributed by atoms with Crippen molar-refractivity contribution >= 4 is 21.6 Å². The van der Waals surface area contributed by atoms with Crippen LogP contribution < -0.4 is 5.32 Å². The lowest BCUT2D eigenvalue weighted by atomic mass is 10.1. The summed E-state index contributed by atoms with van der Waals surface area (Å²) in [6.45, 7) is 6.44. The standard InChI is InChI=1S/C13H19BrFNO/c1-10(2)5-7-17-8-6-16-13-9-11(15)3-4-12(13)14/h3-4,9-10,16H,5-8H2,1-2H3. The summed E-state index contributed by atoms with van der Waals surface area (Å²) in [5.74, 6) is 0.428. The summed E-state index contributed by atoms with van der Waals surface area (Å²) in [5.41, 5.74) is 0.762. The molecule has 0 radical (unpaired) electrons. The predicted octanol–water partition coefficient (Wildman–Crippen LogP) is 4.06. The van der Waals surface area contributed by atoms with Gasteiger partial charge in [-0.1, -0.05) is 13.8 Å². The van der Waals surface area contributed by atoms with E-state index in [0.717, 1.165) is 23.2 Å². The Bertz CT molecular complexity index is 344. The van der Waals surface area contributed by atoms with Gasteiger partial charge in [0.15, 0.2) is 0 Å². The van der Waals surface area contributed by atoms with Crippen LogP contribution in [0.3, 0.4) is 0 Å². The fraction of sp³-hybridized carbons (Fsp3) is 0.538. The molecule has 0 heterocycles. The lowest BCUT2D eigenvalue weighted by Gasteiger charge is -2.10. The summed E-state index contributed by atoms with van der Waals surface area (Å²) in [4.78, 5) is 0. The third kappa shape index (κ3) is 6.03. The van der Waals surface area contributed by atoms with Gasteiger partial charge >= 0.3 is 0 Å². The molecule has 4 heteroatoms. The van der Waals surface area contributed by atoms with Gasteiger partial charge in [0.1, 0.15) is 5.82 Å². The van der Waals surface area contributed by atoms with Crippen LogP contribution >= 0.6 is 15.9 Å². The van der Waals surface area contributed by atoms with Crippen LogP contribution in [-0.2, 0) is 4.74 Å². The van der Waals surface area contributed by atoms with E-state index < -0.39 is 0 Å². The van der Waals surface area contributed by atoms with E-state index in [1.807, 2.05) is 0 Å². The molecule has 0 atom stereocenters. The Hall–Kier alpha value is -0.610. The van der Waals surface area contributed by atoms with E-state index >= 15 is 0 Å². The SMILES string of the molecule is CC(C)CCOCCNc1cc(F)ccc1Br. The average Bonchev–Trinajstić information content (AvgIpc) is 2.27. The lowest BCUT2D eigenvalue weighted by molar-refractivity contribution is 0.132. The molecule has 0 aliphatic rings. The zero-order valence-corrected chi connectivity index (χ0v) is 11.9. The van der Waals surface area contributed by atoms with E-state index in [4.69, 9.17) is 4.74 Å². The van der Waals surface area contributed by atoms with E-state index in [-0.39, 0.29) is 5.82 Å². The Morgan fingerprint density at radius 1 is 1.35 bits per heavy atom. The molecule has 0 aliphatic heterocycles. The van der Waals surface area contributed by atoms with Gasteiger partial charge in [0, 0.05) is 17.6 Å². The number of benzene rings is 1. The van der Waals surface area contributed by atoms with Crippen molar-refractivity contribution in [3.8, 4) is 0 Å². The van der Waals surface area contributed by atoms with E-state index in [2.05, 4.69) is 35.1 Å². The number of anilines is 1. The second kappa shape index (κ2) is 7.67. The van der Waals surface area contributed by atoms with Crippen molar-refractivity contribution < 1.29 is 9.13 Å². The van der Waals surface area contributed by atoms with E-state index in [0.29, 0.717) is 19.1 Å². The fourth-order valence-electron chi connectivity index (χ4n) is 1.31. The van der Waals surface area contributed by atoms with Crippen molar-refractivity contribution in [2.24, 2.45) is 5.92 Å². The van der Waals surface area contributed by atoms with Crippen LogP contribution in [0.2, 0.25) is 0 Å². The highest BCUT2D eigenvalue weighted by atomic mass is 79.9. The number of ether oxygens (including phenoxy) is 1. The van der Waals surface area contributed by atoms with E-state index in [9.17, 15) is 4.39 Å². The molecule has 1 rings (SSSR count). The quantitative estimate of drug-likeness (QED) is 0.767. The third-order valence-electron chi connectivity index (χ3n) is 2.33. The molecule has 0 saturated heterocycles. The van der Waals surface area contributed by atoms with Gasteiger partial charge < -0.3 is 10.1 Å². The van der Waals surface area contributed by atoms with Gasteiger partial charge in [-0.05, 0) is 46.5 Å². The van der Waals surface area contributed by atoms with Gasteiger partial charge in [0.05, 0.1) is 12.3 Å².